The highest BCUT2D eigenvalue weighted by Gasteiger charge is 2.28. The summed E-state index contributed by atoms with van der Waals surface area (Å²) in [6, 6.07) is 0. The van der Waals surface area contributed by atoms with Crippen LogP contribution >= 0.6 is 0 Å². The molecule has 0 N–H and O–H groups in total. The first-order valence-corrected chi connectivity index (χ1v) is 5.94. The molecule has 0 amide bonds. The van der Waals surface area contributed by atoms with Gasteiger partial charge in [-0.15, -0.1) is 0 Å². The van der Waals surface area contributed by atoms with Crippen LogP contribution in [-0.2, 0) is 28.6 Å². The Bertz CT molecular complexity index is 325. The van der Waals surface area contributed by atoms with Crippen molar-refractivity contribution in [3.05, 3.63) is 0 Å². The van der Waals surface area contributed by atoms with Crippen molar-refractivity contribution in [2.24, 2.45) is 5.92 Å². The summed E-state index contributed by atoms with van der Waals surface area (Å²) < 4.78 is 13.4. The van der Waals surface area contributed by atoms with E-state index >= 15 is 0 Å². The van der Waals surface area contributed by atoms with Gasteiger partial charge in [-0.3, -0.25) is 14.4 Å². The Morgan fingerprint density at radius 3 is 1.50 bits per heavy atom. The van der Waals surface area contributed by atoms with E-state index < -0.39 is 11.9 Å². The number of rotatable bonds is 0. The Labute approximate surface area is 106 Å². The maximum Gasteiger partial charge on any atom is 0.316 e. The summed E-state index contributed by atoms with van der Waals surface area (Å²) in [5.74, 6) is -1.08. The summed E-state index contributed by atoms with van der Waals surface area (Å²) in [5, 5.41) is 0. The topological polar surface area (TPSA) is 82.2 Å². The number of carbonyl (C=O) groups excluding carboxylic acids is 3. The van der Waals surface area contributed by atoms with E-state index in [0.717, 1.165) is 6.61 Å². The van der Waals surface area contributed by atoms with E-state index in [0.29, 0.717) is 12.5 Å². The number of ether oxygens (including phenoxy) is 3. The van der Waals surface area contributed by atoms with E-state index in [1.165, 1.54) is 0 Å². The van der Waals surface area contributed by atoms with Crippen LogP contribution in [0.15, 0.2) is 0 Å². The van der Waals surface area contributed by atoms with E-state index in [4.69, 9.17) is 4.74 Å². The Balaban J connectivity index is 0.000000143. The highest BCUT2D eigenvalue weighted by atomic mass is 16.6. The Kier molecular flexibility index (Phi) is 5.27. The van der Waals surface area contributed by atoms with E-state index in [1.54, 1.807) is 6.92 Å². The van der Waals surface area contributed by atoms with Crippen LogP contribution in [0, 0.1) is 5.92 Å². The van der Waals surface area contributed by atoms with E-state index in [1.807, 2.05) is 6.92 Å². The maximum absolute atomic E-state index is 10.3. The Morgan fingerprint density at radius 1 is 0.944 bits per heavy atom. The van der Waals surface area contributed by atoms with Crippen LogP contribution in [0.4, 0.5) is 0 Å². The number of cyclic esters (lactones) is 3. The largest absolute Gasteiger partial charge is 0.462 e. The number of esters is 3. The molecule has 3 heterocycles. The molecule has 6 nitrogen and oxygen atoms in total. The highest BCUT2D eigenvalue weighted by molar-refractivity contribution is 5.94. The van der Waals surface area contributed by atoms with Crippen LogP contribution in [0.2, 0.25) is 0 Å². The highest BCUT2D eigenvalue weighted by Crippen LogP contribution is 2.13. The van der Waals surface area contributed by atoms with Gasteiger partial charge in [-0.05, 0) is 13.8 Å². The molecule has 0 aromatic heterocycles. The molecular weight excluding hydrogens is 240 g/mol. The summed E-state index contributed by atoms with van der Waals surface area (Å²) in [4.78, 5) is 30.4. The van der Waals surface area contributed by atoms with Gasteiger partial charge in [-0.2, -0.15) is 0 Å². The average molecular weight is 258 g/mol. The fraction of sp³-hybridized carbons (Fsp3) is 0.750. The molecule has 3 unspecified atom stereocenters. The van der Waals surface area contributed by atoms with Gasteiger partial charge in [-0.25, -0.2) is 0 Å². The molecule has 0 aliphatic carbocycles. The Hall–Kier alpha value is -1.43. The van der Waals surface area contributed by atoms with Crippen LogP contribution in [0.1, 0.15) is 33.6 Å². The van der Waals surface area contributed by atoms with Crippen LogP contribution in [0.25, 0.3) is 0 Å². The van der Waals surface area contributed by atoms with Crippen LogP contribution < -0.4 is 0 Å². The van der Waals surface area contributed by atoms with Gasteiger partial charge in [-0.1, -0.05) is 6.92 Å². The fourth-order valence-corrected chi connectivity index (χ4v) is 1.13. The molecule has 6 heteroatoms. The van der Waals surface area contributed by atoms with Gasteiger partial charge in [0.25, 0.3) is 0 Å². The predicted molar refractivity (Wildman–Crippen MR) is 60.5 cm³/mol. The van der Waals surface area contributed by atoms with Gasteiger partial charge in [0.15, 0.2) is 0 Å². The normalized spacial score (nSPS) is 31.9. The van der Waals surface area contributed by atoms with E-state index in [-0.39, 0.29) is 24.4 Å². The minimum atomic E-state index is -0.400. The standard InChI is InChI=1S/C5H6O3.C4H6O2.C3H6O/c1-3-2-4(6)8-5(3)7;1-3-2-4(5)6-3;1-3-2-4-3/h3H,2H2,1H3;3H,2H2,1H3;3H,2H2,1H3. The number of hydrogen-bond donors (Lipinski definition) is 0. The molecule has 3 rings (SSSR count). The average Bonchev–Trinajstić information content (AvgIpc) is 2.94. The molecule has 3 aliphatic heterocycles. The van der Waals surface area contributed by atoms with Crippen LogP contribution in [0.5, 0.6) is 0 Å². The molecule has 3 atom stereocenters. The molecule has 3 fully saturated rings. The molecule has 3 saturated heterocycles. The van der Waals surface area contributed by atoms with Crippen molar-refractivity contribution in [1.82, 2.24) is 0 Å². The monoisotopic (exact) mass is 258 g/mol. The third-order valence-corrected chi connectivity index (χ3v) is 2.38. The first-order chi connectivity index (χ1) is 8.38. The van der Waals surface area contributed by atoms with Crippen LogP contribution in [-0.4, -0.2) is 36.7 Å². The molecule has 3 aliphatic rings. The zero-order chi connectivity index (χ0) is 13.7. The second kappa shape index (κ2) is 6.49. The first kappa shape index (κ1) is 14.6. The summed E-state index contributed by atoms with van der Waals surface area (Å²) in [6.45, 7) is 6.59. The van der Waals surface area contributed by atoms with Crippen molar-refractivity contribution in [3.63, 3.8) is 0 Å². The van der Waals surface area contributed by atoms with Gasteiger partial charge >= 0.3 is 17.9 Å². The van der Waals surface area contributed by atoms with Crippen molar-refractivity contribution < 1.29 is 28.6 Å². The lowest BCUT2D eigenvalue weighted by atomic mass is 10.1. The number of epoxide rings is 1. The van der Waals surface area contributed by atoms with Crippen molar-refractivity contribution >= 4 is 17.9 Å². The number of hydrogen-bond acceptors (Lipinski definition) is 6. The molecule has 0 saturated carbocycles. The van der Waals surface area contributed by atoms with Crippen molar-refractivity contribution in [3.8, 4) is 0 Å². The molecular formula is C12H18O6. The van der Waals surface area contributed by atoms with Gasteiger partial charge in [0.1, 0.15) is 6.10 Å². The second-order valence-corrected chi connectivity index (χ2v) is 4.55. The molecule has 102 valence electrons. The molecule has 0 radical (unpaired) electrons. The SMILES string of the molecule is CC1CC(=O)O1.CC1CC(=O)OC1=O.CC1CO1. The van der Waals surface area contributed by atoms with Crippen LogP contribution in [0.3, 0.4) is 0 Å². The van der Waals surface area contributed by atoms with Gasteiger partial charge in [0, 0.05) is 0 Å². The molecule has 0 aromatic carbocycles. The molecule has 18 heavy (non-hydrogen) atoms. The quantitative estimate of drug-likeness (QED) is 0.363. The number of carbonyl (C=O) groups is 3. The summed E-state index contributed by atoms with van der Waals surface area (Å²) in [7, 11) is 0. The minimum absolute atomic E-state index is 0.0671. The maximum atomic E-state index is 10.3. The van der Waals surface area contributed by atoms with E-state index in [9.17, 15) is 14.4 Å². The zero-order valence-corrected chi connectivity index (χ0v) is 10.8. The van der Waals surface area contributed by atoms with Gasteiger partial charge in [0.2, 0.25) is 0 Å². The summed E-state index contributed by atoms with van der Waals surface area (Å²) in [5.41, 5.74) is 0. The minimum Gasteiger partial charge on any atom is -0.462 e. The third-order valence-electron chi connectivity index (χ3n) is 2.38. The second-order valence-electron chi connectivity index (χ2n) is 4.55. The molecule has 0 bridgehead atoms. The molecule has 0 aromatic rings. The predicted octanol–water partition coefficient (Wildman–Crippen LogP) is 0.823. The third kappa shape index (κ3) is 5.77. The van der Waals surface area contributed by atoms with Gasteiger partial charge < -0.3 is 14.2 Å². The zero-order valence-electron chi connectivity index (χ0n) is 10.8. The molecule has 0 spiro atoms. The lowest BCUT2D eigenvalue weighted by molar-refractivity contribution is -0.167. The van der Waals surface area contributed by atoms with Crippen molar-refractivity contribution in [2.45, 2.75) is 45.8 Å². The first-order valence-electron chi connectivity index (χ1n) is 5.94. The van der Waals surface area contributed by atoms with Crippen molar-refractivity contribution in [2.75, 3.05) is 6.61 Å². The Morgan fingerprint density at radius 2 is 1.44 bits per heavy atom. The fourth-order valence-electron chi connectivity index (χ4n) is 1.13. The summed E-state index contributed by atoms with van der Waals surface area (Å²) >= 11 is 0. The lowest BCUT2D eigenvalue weighted by Crippen LogP contribution is -2.29. The summed E-state index contributed by atoms with van der Waals surface area (Å²) in [6.07, 6.45) is 1.64. The lowest BCUT2D eigenvalue weighted by Gasteiger charge is -2.20. The van der Waals surface area contributed by atoms with Crippen molar-refractivity contribution in [1.29, 1.82) is 0 Å². The van der Waals surface area contributed by atoms with E-state index in [2.05, 4.69) is 16.4 Å². The smallest absolute Gasteiger partial charge is 0.316 e. The van der Waals surface area contributed by atoms with Gasteiger partial charge in [0.05, 0.1) is 31.5 Å².